The minimum Gasteiger partial charge on any atom is -0.384 e. The molecule has 1 aromatic carbocycles. The molecule has 2 aromatic heterocycles. The molecule has 0 saturated heterocycles. The summed E-state index contributed by atoms with van der Waals surface area (Å²) < 4.78 is 4.05. The third kappa shape index (κ3) is 4.59. The average molecular weight is 455 g/mol. The Balaban J connectivity index is 1.92. The van der Waals surface area contributed by atoms with Crippen LogP contribution in [0.1, 0.15) is 24.2 Å². The molecule has 0 radical (unpaired) electrons. The lowest BCUT2D eigenvalue weighted by atomic mass is 10.2. The van der Waals surface area contributed by atoms with Gasteiger partial charge in [-0.15, -0.1) is 16.8 Å². The van der Waals surface area contributed by atoms with Gasteiger partial charge in [-0.3, -0.25) is 23.3 Å². The first-order chi connectivity index (χ1) is 15.3. The van der Waals surface area contributed by atoms with Gasteiger partial charge in [-0.25, -0.2) is 4.79 Å². The van der Waals surface area contributed by atoms with E-state index in [1.54, 1.807) is 6.08 Å². The predicted molar refractivity (Wildman–Crippen MR) is 126 cm³/mol. The van der Waals surface area contributed by atoms with Crippen LogP contribution in [0.25, 0.3) is 11.4 Å². The predicted octanol–water partition coefficient (Wildman–Crippen LogP) is 2.20. The number of nitrogens with two attached hydrogens (primary N) is 1. The molecular formula is C22H26N6O3S. The van der Waals surface area contributed by atoms with E-state index < -0.39 is 17.0 Å². The normalized spacial score (nSPS) is 11.1. The zero-order valence-corrected chi connectivity index (χ0v) is 19.1. The maximum absolute atomic E-state index is 13.0. The van der Waals surface area contributed by atoms with Gasteiger partial charge in [0.1, 0.15) is 11.4 Å². The molecule has 0 aliphatic heterocycles. The van der Waals surface area contributed by atoms with Crippen LogP contribution >= 0.6 is 11.8 Å². The molecule has 0 saturated carbocycles. The van der Waals surface area contributed by atoms with Gasteiger partial charge in [0, 0.05) is 25.7 Å². The van der Waals surface area contributed by atoms with Crippen molar-refractivity contribution in [3.05, 3.63) is 69.4 Å². The number of carbonyl (C=O) groups excluding carboxylic acids is 1. The van der Waals surface area contributed by atoms with Crippen LogP contribution in [-0.2, 0) is 20.1 Å². The lowest BCUT2D eigenvalue weighted by Gasteiger charge is -2.16. The number of Topliss-reactive ketones (excluding diaryl/α,β-unsaturated/α-hetero) is 1. The zero-order chi connectivity index (χ0) is 23.4. The van der Waals surface area contributed by atoms with Gasteiger partial charge in [0.15, 0.2) is 16.8 Å². The molecule has 2 N–H and O–H groups in total. The first-order valence-corrected chi connectivity index (χ1v) is 11.1. The molecule has 0 aliphatic carbocycles. The minimum absolute atomic E-state index is 0.0800. The maximum Gasteiger partial charge on any atom is 0.332 e. The lowest BCUT2D eigenvalue weighted by molar-refractivity contribution is 0.102. The van der Waals surface area contributed by atoms with Gasteiger partial charge in [-0.2, -0.15) is 0 Å². The largest absolute Gasteiger partial charge is 0.384 e. The second-order valence-corrected chi connectivity index (χ2v) is 8.64. The summed E-state index contributed by atoms with van der Waals surface area (Å²) in [5.41, 5.74) is 5.57. The summed E-state index contributed by atoms with van der Waals surface area (Å²) in [6.07, 6.45) is 1.72. The van der Waals surface area contributed by atoms with E-state index in [0.29, 0.717) is 24.1 Å². The molecule has 3 aromatic rings. The monoisotopic (exact) mass is 454 g/mol. The van der Waals surface area contributed by atoms with E-state index in [1.165, 1.54) is 11.6 Å². The van der Waals surface area contributed by atoms with Crippen LogP contribution in [0.15, 0.2) is 57.7 Å². The van der Waals surface area contributed by atoms with E-state index in [9.17, 15) is 14.4 Å². The van der Waals surface area contributed by atoms with Crippen LogP contribution in [-0.4, -0.2) is 35.4 Å². The van der Waals surface area contributed by atoms with Crippen molar-refractivity contribution >= 4 is 23.4 Å². The van der Waals surface area contributed by atoms with Crippen molar-refractivity contribution in [1.29, 1.82) is 0 Å². The van der Waals surface area contributed by atoms with E-state index >= 15 is 0 Å². The van der Waals surface area contributed by atoms with Gasteiger partial charge >= 0.3 is 5.69 Å². The molecule has 10 heteroatoms. The smallest absolute Gasteiger partial charge is 0.332 e. The summed E-state index contributed by atoms with van der Waals surface area (Å²) in [5, 5.41) is 8.99. The zero-order valence-electron chi connectivity index (χ0n) is 18.3. The highest BCUT2D eigenvalue weighted by atomic mass is 32.2. The third-order valence-electron chi connectivity index (χ3n) is 4.80. The summed E-state index contributed by atoms with van der Waals surface area (Å²) in [6.45, 7) is 8.39. The quantitative estimate of drug-likeness (QED) is 0.299. The molecule has 0 amide bonds. The van der Waals surface area contributed by atoms with Crippen molar-refractivity contribution in [1.82, 2.24) is 23.9 Å². The number of carbonyl (C=O) groups is 1. The SMILES string of the molecule is C=CCn1c(SCC(=O)c2c(N)n(CC(C)C)c(=O)n(C)c2=O)nnc1-c1ccccc1. The molecular weight excluding hydrogens is 428 g/mol. The highest BCUT2D eigenvalue weighted by Gasteiger charge is 2.23. The number of aromatic nitrogens is 5. The van der Waals surface area contributed by atoms with E-state index in [0.717, 1.165) is 21.9 Å². The number of allylic oxidation sites excluding steroid dienone is 1. The molecule has 32 heavy (non-hydrogen) atoms. The van der Waals surface area contributed by atoms with E-state index in [2.05, 4.69) is 16.8 Å². The molecule has 3 rings (SSSR count). The number of thioether (sulfide) groups is 1. The summed E-state index contributed by atoms with van der Waals surface area (Å²) >= 11 is 1.15. The summed E-state index contributed by atoms with van der Waals surface area (Å²) in [5.74, 6) is 0.110. The summed E-state index contributed by atoms with van der Waals surface area (Å²) in [6, 6.07) is 9.57. The lowest BCUT2D eigenvalue weighted by Crippen LogP contribution is -2.43. The minimum atomic E-state index is -0.698. The van der Waals surface area contributed by atoms with Crippen LogP contribution in [0.3, 0.4) is 0 Å². The van der Waals surface area contributed by atoms with Crippen molar-refractivity contribution in [3.63, 3.8) is 0 Å². The van der Waals surface area contributed by atoms with Crippen molar-refractivity contribution in [2.24, 2.45) is 13.0 Å². The Bertz CT molecular complexity index is 1260. The molecule has 0 atom stereocenters. The number of nitrogen functional groups attached to an aromatic ring is 1. The van der Waals surface area contributed by atoms with Gasteiger partial charge in [0.05, 0.1) is 5.75 Å². The number of hydrogen-bond acceptors (Lipinski definition) is 7. The Labute approximate surface area is 189 Å². The Morgan fingerprint density at radius 1 is 1.19 bits per heavy atom. The van der Waals surface area contributed by atoms with Gasteiger partial charge in [0.2, 0.25) is 0 Å². The van der Waals surface area contributed by atoms with Gasteiger partial charge in [-0.05, 0) is 5.92 Å². The van der Waals surface area contributed by atoms with Crippen molar-refractivity contribution in [2.75, 3.05) is 11.5 Å². The van der Waals surface area contributed by atoms with E-state index in [-0.39, 0.29) is 23.1 Å². The third-order valence-corrected chi connectivity index (χ3v) is 5.77. The maximum atomic E-state index is 13.0. The van der Waals surface area contributed by atoms with Gasteiger partial charge in [-0.1, -0.05) is 62.0 Å². The topological polar surface area (TPSA) is 118 Å². The van der Waals surface area contributed by atoms with Gasteiger partial charge in [0.25, 0.3) is 5.56 Å². The second kappa shape index (κ2) is 9.82. The Hall–Kier alpha value is -3.40. The van der Waals surface area contributed by atoms with Crippen LogP contribution in [0.4, 0.5) is 5.82 Å². The van der Waals surface area contributed by atoms with Crippen molar-refractivity contribution < 1.29 is 4.79 Å². The van der Waals surface area contributed by atoms with Crippen molar-refractivity contribution in [2.45, 2.75) is 32.1 Å². The Morgan fingerprint density at radius 2 is 1.88 bits per heavy atom. The van der Waals surface area contributed by atoms with E-state index in [4.69, 9.17) is 5.73 Å². The highest BCUT2D eigenvalue weighted by molar-refractivity contribution is 7.99. The molecule has 0 aliphatic rings. The molecule has 168 valence electrons. The van der Waals surface area contributed by atoms with Crippen LogP contribution < -0.4 is 17.0 Å². The van der Waals surface area contributed by atoms with Crippen molar-refractivity contribution in [3.8, 4) is 11.4 Å². The van der Waals surface area contributed by atoms with E-state index in [1.807, 2.05) is 48.7 Å². The fraction of sp³-hybridized carbons (Fsp3) is 0.318. The first kappa shape index (κ1) is 23.3. The molecule has 2 heterocycles. The fourth-order valence-corrected chi connectivity index (χ4v) is 4.10. The Kier molecular flexibility index (Phi) is 7.14. The first-order valence-electron chi connectivity index (χ1n) is 10.1. The van der Waals surface area contributed by atoms with Crippen LogP contribution in [0, 0.1) is 5.92 Å². The number of benzene rings is 1. The number of rotatable bonds is 9. The number of ketones is 1. The van der Waals surface area contributed by atoms with Crippen LogP contribution in [0.2, 0.25) is 0 Å². The van der Waals surface area contributed by atoms with Crippen LogP contribution in [0.5, 0.6) is 0 Å². The fourth-order valence-electron chi connectivity index (χ4n) is 3.28. The molecule has 0 bridgehead atoms. The Morgan fingerprint density at radius 3 is 2.50 bits per heavy atom. The number of anilines is 1. The highest BCUT2D eigenvalue weighted by Crippen LogP contribution is 2.25. The summed E-state index contributed by atoms with van der Waals surface area (Å²) in [4.78, 5) is 38.1. The summed E-state index contributed by atoms with van der Waals surface area (Å²) in [7, 11) is 1.34. The number of hydrogen-bond donors (Lipinski definition) is 1. The average Bonchev–Trinajstić information content (AvgIpc) is 3.17. The molecule has 9 nitrogen and oxygen atoms in total. The second-order valence-electron chi connectivity index (χ2n) is 7.69. The molecule has 0 unspecified atom stereocenters. The molecule has 0 fully saturated rings. The standard InChI is InChI=1S/C22H26N6O3S/c1-5-11-27-19(15-9-7-6-8-10-15)24-25-21(27)32-13-16(29)17-18(23)28(12-14(2)3)22(31)26(4)20(17)30/h5-10,14H,1,11-13,23H2,2-4H3. The molecule has 0 spiro atoms. The number of nitrogens with zero attached hydrogens (tertiary/aromatic N) is 5. The van der Waals surface area contributed by atoms with Gasteiger partial charge < -0.3 is 5.73 Å².